The molecule has 2 fully saturated rings. The average Bonchev–Trinajstić information content (AvgIpc) is 2.60. The minimum atomic E-state index is -0.00339. The van der Waals surface area contributed by atoms with Crippen LogP contribution in [0.4, 0.5) is 0 Å². The standard InChI is InChI=1S/C15H20INO/c1-17-14-7-8-15(17,18-2)10-12(9-14)11-3-5-13(16)6-4-11/h3-6,12,14H,7-10H2,1-2H3/t12-,14-,15-/m0/s1. The molecule has 0 saturated carbocycles. The van der Waals surface area contributed by atoms with Crippen LogP contribution in [0.25, 0.3) is 0 Å². The molecular formula is C15H20INO. The predicted molar refractivity (Wildman–Crippen MR) is 81.7 cm³/mol. The van der Waals surface area contributed by atoms with Crippen molar-refractivity contribution in [2.45, 2.75) is 43.4 Å². The number of fused-ring (bicyclic) bond motifs is 2. The van der Waals surface area contributed by atoms with Gasteiger partial charge in [0.05, 0.1) is 0 Å². The third kappa shape index (κ3) is 2.00. The summed E-state index contributed by atoms with van der Waals surface area (Å²) in [5.74, 6) is 0.658. The second-order valence-corrected chi connectivity index (χ2v) is 6.89. The molecule has 0 radical (unpaired) electrons. The first-order valence-electron chi connectivity index (χ1n) is 6.68. The molecule has 98 valence electrons. The van der Waals surface area contributed by atoms with Crippen LogP contribution in [0.5, 0.6) is 0 Å². The summed E-state index contributed by atoms with van der Waals surface area (Å²) < 4.78 is 7.20. The maximum absolute atomic E-state index is 5.88. The van der Waals surface area contributed by atoms with Gasteiger partial charge in [0.25, 0.3) is 0 Å². The van der Waals surface area contributed by atoms with Gasteiger partial charge in [0, 0.05) is 16.7 Å². The molecular weight excluding hydrogens is 337 g/mol. The van der Waals surface area contributed by atoms with E-state index in [4.69, 9.17) is 4.74 Å². The Bertz CT molecular complexity index is 433. The highest BCUT2D eigenvalue weighted by atomic mass is 127. The molecule has 0 amide bonds. The van der Waals surface area contributed by atoms with Crippen molar-refractivity contribution in [3.8, 4) is 0 Å². The van der Waals surface area contributed by atoms with E-state index in [9.17, 15) is 0 Å². The largest absolute Gasteiger partial charge is 0.364 e. The van der Waals surface area contributed by atoms with Gasteiger partial charge in [0.2, 0.25) is 0 Å². The summed E-state index contributed by atoms with van der Waals surface area (Å²) in [5.41, 5.74) is 1.48. The molecule has 3 atom stereocenters. The van der Waals surface area contributed by atoms with Crippen molar-refractivity contribution >= 4 is 22.6 Å². The molecule has 18 heavy (non-hydrogen) atoms. The highest BCUT2D eigenvalue weighted by Crippen LogP contribution is 2.49. The van der Waals surface area contributed by atoms with Crippen molar-refractivity contribution in [1.29, 1.82) is 0 Å². The van der Waals surface area contributed by atoms with Crippen molar-refractivity contribution in [2.75, 3.05) is 14.2 Å². The van der Waals surface area contributed by atoms with Crippen LogP contribution in [0.2, 0.25) is 0 Å². The summed E-state index contributed by atoms with van der Waals surface area (Å²) in [6, 6.07) is 9.72. The number of ether oxygens (including phenoxy) is 1. The van der Waals surface area contributed by atoms with Gasteiger partial charge in [-0.3, -0.25) is 4.90 Å². The third-order valence-electron chi connectivity index (χ3n) is 4.90. The fourth-order valence-electron chi connectivity index (χ4n) is 3.73. The Balaban J connectivity index is 1.86. The maximum Gasteiger partial charge on any atom is 0.121 e. The molecule has 2 saturated heterocycles. The number of nitrogens with zero attached hydrogens (tertiary/aromatic N) is 1. The number of piperidine rings is 1. The second kappa shape index (κ2) is 4.76. The lowest BCUT2D eigenvalue weighted by Crippen LogP contribution is -2.51. The van der Waals surface area contributed by atoms with E-state index in [-0.39, 0.29) is 5.72 Å². The number of hydrogen-bond donors (Lipinski definition) is 0. The molecule has 0 N–H and O–H groups in total. The quantitative estimate of drug-likeness (QED) is 0.750. The molecule has 2 aliphatic rings. The topological polar surface area (TPSA) is 12.5 Å². The van der Waals surface area contributed by atoms with Crippen molar-refractivity contribution in [3.63, 3.8) is 0 Å². The van der Waals surface area contributed by atoms with E-state index in [0.29, 0.717) is 12.0 Å². The zero-order valence-electron chi connectivity index (χ0n) is 11.0. The molecule has 2 bridgehead atoms. The molecule has 3 heteroatoms. The molecule has 0 unspecified atom stereocenters. The number of hydrogen-bond acceptors (Lipinski definition) is 2. The maximum atomic E-state index is 5.88. The minimum absolute atomic E-state index is 0.00339. The summed E-state index contributed by atoms with van der Waals surface area (Å²) in [7, 11) is 4.10. The Morgan fingerprint density at radius 2 is 2.06 bits per heavy atom. The van der Waals surface area contributed by atoms with Gasteiger partial charge in [-0.25, -0.2) is 0 Å². The van der Waals surface area contributed by atoms with Gasteiger partial charge in [-0.15, -0.1) is 0 Å². The van der Waals surface area contributed by atoms with Crippen LogP contribution in [-0.4, -0.2) is 30.8 Å². The summed E-state index contributed by atoms with van der Waals surface area (Å²) in [4.78, 5) is 2.47. The predicted octanol–water partition coefficient (Wildman–Crippen LogP) is 3.61. The first-order chi connectivity index (χ1) is 8.64. The normalized spacial score (nSPS) is 35.9. The fraction of sp³-hybridized carbons (Fsp3) is 0.600. The number of halogens is 1. The highest BCUT2D eigenvalue weighted by Gasteiger charge is 2.50. The number of methoxy groups -OCH3 is 1. The zero-order chi connectivity index (χ0) is 12.8. The van der Waals surface area contributed by atoms with E-state index in [1.165, 1.54) is 28.4 Å². The lowest BCUT2D eigenvalue weighted by atomic mass is 9.84. The van der Waals surface area contributed by atoms with Crippen molar-refractivity contribution < 1.29 is 4.74 Å². The van der Waals surface area contributed by atoms with E-state index in [1.54, 1.807) is 0 Å². The van der Waals surface area contributed by atoms with Crippen LogP contribution in [0.1, 0.15) is 37.2 Å². The molecule has 0 spiro atoms. The van der Waals surface area contributed by atoms with E-state index in [0.717, 1.165) is 6.42 Å². The third-order valence-corrected chi connectivity index (χ3v) is 5.62. The molecule has 2 heterocycles. The van der Waals surface area contributed by atoms with Crippen LogP contribution >= 0.6 is 22.6 Å². The summed E-state index contributed by atoms with van der Waals surface area (Å²) in [6.45, 7) is 0. The average molecular weight is 357 g/mol. The van der Waals surface area contributed by atoms with E-state index >= 15 is 0 Å². The molecule has 3 rings (SSSR count). The van der Waals surface area contributed by atoms with Crippen molar-refractivity contribution in [3.05, 3.63) is 33.4 Å². The Labute approximate surface area is 123 Å². The molecule has 1 aromatic carbocycles. The lowest BCUT2D eigenvalue weighted by molar-refractivity contribution is -0.137. The Hall–Kier alpha value is -0.130. The zero-order valence-corrected chi connectivity index (χ0v) is 13.2. The van der Waals surface area contributed by atoms with Gasteiger partial charge >= 0.3 is 0 Å². The second-order valence-electron chi connectivity index (χ2n) is 5.64. The minimum Gasteiger partial charge on any atom is -0.364 e. The Morgan fingerprint density at radius 3 is 2.72 bits per heavy atom. The van der Waals surface area contributed by atoms with Crippen LogP contribution in [0.3, 0.4) is 0 Å². The van der Waals surface area contributed by atoms with Gasteiger partial charge < -0.3 is 4.74 Å². The van der Waals surface area contributed by atoms with Gasteiger partial charge in [0.1, 0.15) is 5.72 Å². The Kier molecular flexibility index (Phi) is 3.41. The SMILES string of the molecule is CO[C@@]12CC[C@@H](C[C@H](c3ccc(I)cc3)C1)N2C. The van der Waals surface area contributed by atoms with Crippen LogP contribution in [-0.2, 0) is 4.74 Å². The first kappa shape index (κ1) is 12.9. The van der Waals surface area contributed by atoms with Gasteiger partial charge in [0.15, 0.2) is 0 Å². The number of rotatable bonds is 2. The summed E-state index contributed by atoms with van der Waals surface area (Å²) in [5, 5.41) is 0. The molecule has 2 nitrogen and oxygen atoms in total. The molecule has 0 aliphatic carbocycles. The van der Waals surface area contributed by atoms with Gasteiger partial charge in [-0.2, -0.15) is 0 Å². The van der Waals surface area contributed by atoms with Gasteiger partial charge in [-0.1, -0.05) is 12.1 Å². The highest BCUT2D eigenvalue weighted by molar-refractivity contribution is 14.1. The van der Waals surface area contributed by atoms with E-state index in [1.807, 2.05) is 7.11 Å². The Morgan fingerprint density at radius 1 is 1.33 bits per heavy atom. The number of benzene rings is 1. The molecule has 0 aromatic heterocycles. The van der Waals surface area contributed by atoms with E-state index < -0.39 is 0 Å². The molecule has 2 aliphatic heterocycles. The van der Waals surface area contributed by atoms with Crippen LogP contribution in [0.15, 0.2) is 24.3 Å². The van der Waals surface area contributed by atoms with Crippen LogP contribution in [0, 0.1) is 3.57 Å². The molecule has 1 aromatic rings. The van der Waals surface area contributed by atoms with E-state index in [2.05, 4.69) is 58.8 Å². The fourth-order valence-corrected chi connectivity index (χ4v) is 4.09. The monoisotopic (exact) mass is 357 g/mol. The van der Waals surface area contributed by atoms with Gasteiger partial charge in [-0.05, 0) is 78.9 Å². The summed E-state index contributed by atoms with van der Waals surface area (Å²) >= 11 is 2.37. The summed E-state index contributed by atoms with van der Waals surface area (Å²) in [6.07, 6.45) is 4.88. The van der Waals surface area contributed by atoms with Crippen LogP contribution < -0.4 is 0 Å². The van der Waals surface area contributed by atoms with Crippen molar-refractivity contribution in [2.24, 2.45) is 0 Å². The van der Waals surface area contributed by atoms with Crippen molar-refractivity contribution in [1.82, 2.24) is 4.90 Å². The lowest BCUT2D eigenvalue weighted by Gasteiger charge is -2.45. The smallest absolute Gasteiger partial charge is 0.121 e. The first-order valence-corrected chi connectivity index (χ1v) is 7.76.